The minimum absolute atomic E-state index is 0.00367. The second-order valence-corrected chi connectivity index (χ2v) is 8.48. The van der Waals surface area contributed by atoms with Crippen LogP contribution in [0.4, 0.5) is 5.69 Å². The van der Waals surface area contributed by atoms with Crippen LogP contribution in [0.3, 0.4) is 0 Å². The molecule has 3 atom stereocenters. The lowest BCUT2D eigenvalue weighted by molar-refractivity contribution is -0.137. The summed E-state index contributed by atoms with van der Waals surface area (Å²) in [5.74, 6) is 1.85. The Hall–Kier alpha value is -2.32. The van der Waals surface area contributed by atoms with Crippen LogP contribution in [0.2, 0.25) is 0 Å². The van der Waals surface area contributed by atoms with Crippen molar-refractivity contribution < 1.29 is 19.1 Å². The molecule has 0 aromatic heterocycles. The van der Waals surface area contributed by atoms with Crippen LogP contribution in [0.5, 0.6) is 11.5 Å². The number of anilines is 1. The molecule has 1 aromatic rings. The van der Waals surface area contributed by atoms with E-state index in [0.29, 0.717) is 55.1 Å². The van der Waals surface area contributed by atoms with Gasteiger partial charge in [0.1, 0.15) is 6.04 Å². The number of carbonyl (C=O) groups is 2. The third kappa shape index (κ3) is 3.67. The van der Waals surface area contributed by atoms with E-state index in [0.717, 1.165) is 12.8 Å². The van der Waals surface area contributed by atoms with Crippen LogP contribution in [0.25, 0.3) is 0 Å². The molecule has 3 unspecified atom stereocenters. The molecular weight excluding hydrogens is 372 g/mol. The molecule has 2 saturated heterocycles. The summed E-state index contributed by atoms with van der Waals surface area (Å²) >= 11 is 0. The van der Waals surface area contributed by atoms with Crippen molar-refractivity contribution in [2.45, 2.75) is 50.6 Å². The SMILES string of the molecule is O=C(Nc1ccc2c(c1)OCO2)C1CCN(C(=O)C2NNC3CCCCC32)CC1. The van der Waals surface area contributed by atoms with Crippen molar-refractivity contribution in [2.75, 3.05) is 25.2 Å². The maximum absolute atomic E-state index is 13.0. The van der Waals surface area contributed by atoms with Gasteiger partial charge in [0, 0.05) is 42.7 Å². The lowest BCUT2D eigenvalue weighted by Crippen LogP contribution is -2.51. The van der Waals surface area contributed by atoms with Crippen molar-refractivity contribution in [1.29, 1.82) is 0 Å². The van der Waals surface area contributed by atoms with Gasteiger partial charge in [0.25, 0.3) is 0 Å². The van der Waals surface area contributed by atoms with Gasteiger partial charge in [-0.25, -0.2) is 5.43 Å². The van der Waals surface area contributed by atoms with Crippen molar-refractivity contribution in [3.63, 3.8) is 0 Å². The highest BCUT2D eigenvalue weighted by Crippen LogP contribution is 2.35. The third-order valence-corrected chi connectivity index (χ3v) is 6.76. The van der Waals surface area contributed by atoms with Crippen LogP contribution in [-0.4, -0.2) is 48.7 Å². The van der Waals surface area contributed by atoms with Crippen molar-refractivity contribution in [2.24, 2.45) is 11.8 Å². The maximum Gasteiger partial charge on any atom is 0.241 e. The summed E-state index contributed by atoms with van der Waals surface area (Å²) in [6.45, 7) is 1.48. The van der Waals surface area contributed by atoms with Gasteiger partial charge in [-0.2, -0.15) is 0 Å². The molecule has 2 amide bonds. The fourth-order valence-corrected chi connectivity index (χ4v) is 5.06. The molecule has 3 aliphatic heterocycles. The maximum atomic E-state index is 13.0. The summed E-state index contributed by atoms with van der Waals surface area (Å²) in [5.41, 5.74) is 7.27. The van der Waals surface area contributed by atoms with Gasteiger partial charge in [-0.3, -0.25) is 15.0 Å². The second kappa shape index (κ2) is 7.84. The number of hydrazine groups is 1. The number of fused-ring (bicyclic) bond motifs is 2. The van der Waals surface area contributed by atoms with Gasteiger partial charge in [0.15, 0.2) is 11.5 Å². The Morgan fingerprint density at radius 1 is 1.00 bits per heavy atom. The predicted octanol–water partition coefficient (Wildman–Crippen LogP) is 1.63. The summed E-state index contributed by atoms with van der Waals surface area (Å²) in [5, 5.41) is 2.98. The van der Waals surface area contributed by atoms with E-state index in [9.17, 15) is 9.59 Å². The first-order valence-corrected chi connectivity index (χ1v) is 10.7. The molecule has 0 bridgehead atoms. The average Bonchev–Trinajstić information content (AvgIpc) is 3.40. The molecular formula is C21H28N4O4. The van der Waals surface area contributed by atoms with E-state index in [2.05, 4.69) is 16.2 Å². The minimum Gasteiger partial charge on any atom is -0.454 e. The van der Waals surface area contributed by atoms with Gasteiger partial charge in [-0.1, -0.05) is 12.8 Å². The quantitative estimate of drug-likeness (QED) is 0.714. The highest BCUT2D eigenvalue weighted by Gasteiger charge is 2.43. The number of rotatable bonds is 3. The molecule has 0 radical (unpaired) electrons. The fraction of sp³-hybridized carbons (Fsp3) is 0.619. The molecule has 8 nitrogen and oxygen atoms in total. The van der Waals surface area contributed by atoms with E-state index in [4.69, 9.17) is 9.47 Å². The largest absolute Gasteiger partial charge is 0.454 e. The first kappa shape index (κ1) is 18.7. The second-order valence-electron chi connectivity index (χ2n) is 8.48. The number of hydrogen-bond acceptors (Lipinski definition) is 6. The molecule has 5 rings (SSSR count). The highest BCUT2D eigenvalue weighted by molar-refractivity contribution is 5.93. The third-order valence-electron chi connectivity index (χ3n) is 6.76. The summed E-state index contributed by atoms with van der Waals surface area (Å²) in [4.78, 5) is 27.6. The molecule has 1 aliphatic carbocycles. The fourth-order valence-electron chi connectivity index (χ4n) is 5.06. The number of benzene rings is 1. The topological polar surface area (TPSA) is 91.9 Å². The Balaban J connectivity index is 1.14. The number of ether oxygens (including phenoxy) is 2. The smallest absolute Gasteiger partial charge is 0.241 e. The van der Waals surface area contributed by atoms with Crippen molar-refractivity contribution >= 4 is 17.5 Å². The predicted molar refractivity (Wildman–Crippen MR) is 106 cm³/mol. The van der Waals surface area contributed by atoms with E-state index in [-0.39, 0.29) is 30.6 Å². The Bertz CT molecular complexity index is 793. The number of nitrogens with one attached hydrogen (secondary N) is 3. The van der Waals surface area contributed by atoms with Crippen LogP contribution in [0, 0.1) is 11.8 Å². The van der Waals surface area contributed by atoms with Crippen LogP contribution in [-0.2, 0) is 9.59 Å². The summed E-state index contributed by atoms with van der Waals surface area (Å²) in [7, 11) is 0. The Morgan fingerprint density at radius 3 is 2.66 bits per heavy atom. The summed E-state index contributed by atoms with van der Waals surface area (Å²) in [6, 6.07) is 5.71. The molecule has 8 heteroatoms. The number of piperidine rings is 1. The first-order chi connectivity index (χ1) is 14.2. The van der Waals surface area contributed by atoms with Gasteiger partial charge < -0.3 is 19.7 Å². The molecule has 0 spiro atoms. The highest BCUT2D eigenvalue weighted by atomic mass is 16.7. The van der Waals surface area contributed by atoms with Crippen LogP contribution >= 0.6 is 0 Å². The summed E-state index contributed by atoms with van der Waals surface area (Å²) in [6.07, 6.45) is 6.07. The number of carbonyl (C=O) groups excluding carboxylic acids is 2. The molecule has 1 saturated carbocycles. The van der Waals surface area contributed by atoms with E-state index < -0.39 is 0 Å². The average molecular weight is 400 g/mol. The zero-order valence-corrected chi connectivity index (χ0v) is 16.5. The number of likely N-dealkylation sites (tertiary alicyclic amines) is 1. The lowest BCUT2D eigenvalue weighted by atomic mass is 9.81. The van der Waals surface area contributed by atoms with Gasteiger partial charge in [-0.15, -0.1) is 0 Å². The van der Waals surface area contributed by atoms with E-state index in [1.54, 1.807) is 12.1 Å². The standard InChI is InChI=1S/C21H28N4O4/c26-20(22-14-5-6-17-18(11-14)29-12-28-17)13-7-9-25(10-8-13)21(27)19-15-3-1-2-4-16(15)23-24-19/h5-6,11,13,15-16,19,23-24H,1-4,7-10,12H2,(H,22,26). The first-order valence-electron chi connectivity index (χ1n) is 10.7. The lowest BCUT2D eigenvalue weighted by Gasteiger charge is -2.35. The van der Waals surface area contributed by atoms with Crippen molar-refractivity contribution in [1.82, 2.24) is 15.8 Å². The molecule has 3 fully saturated rings. The number of nitrogens with zero attached hydrogens (tertiary/aromatic N) is 1. The van der Waals surface area contributed by atoms with Crippen LogP contribution in [0.1, 0.15) is 38.5 Å². The monoisotopic (exact) mass is 400 g/mol. The van der Waals surface area contributed by atoms with Gasteiger partial charge in [-0.05, 0) is 37.8 Å². The normalized spacial score (nSPS) is 28.8. The van der Waals surface area contributed by atoms with Crippen LogP contribution in [0.15, 0.2) is 18.2 Å². The Morgan fingerprint density at radius 2 is 1.79 bits per heavy atom. The van der Waals surface area contributed by atoms with Crippen LogP contribution < -0.4 is 25.6 Å². The van der Waals surface area contributed by atoms with Gasteiger partial charge in [0.2, 0.25) is 18.6 Å². The van der Waals surface area contributed by atoms with Crippen molar-refractivity contribution in [3.05, 3.63) is 18.2 Å². The molecule has 1 aromatic carbocycles. The Labute approximate surface area is 170 Å². The minimum atomic E-state index is -0.126. The molecule has 4 aliphatic rings. The van der Waals surface area contributed by atoms with E-state index in [1.807, 2.05) is 11.0 Å². The zero-order chi connectivity index (χ0) is 19.8. The van der Waals surface area contributed by atoms with Gasteiger partial charge >= 0.3 is 0 Å². The molecule has 156 valence electrons. The Kier molecular flexibility index (Phi) is 5.05. The zero-order valence-electron chi connectivity index (χ0n) is 16.5. The number of hydrogen-bond donors (Lipinski definition) is 3. The van der Waals surface area contributed by atoms with E-state index in [1.165, 1.54) is 12.8 Å². The molecule has 3 heterocycles. The van der Waals surface area contributed by atoms with Crippen molar-refractivity contribution in [3.8, 4) is 11.5 Å². The molecule has 3 N–H and O–H groups in total. The summed E-state index contributed by atoms with van der Waals surface area (Å²) < 4.78 is 10.7. The molecule has 29 heavy (non-hydrogen) atoms. The van der Waals surface area contributed by atoms with Gasteiger partial charge in [0.05, 0.1) is 0 Å². The van der Waals surface area contributed by atoms with E-state index >= 15 is 0 Å². The number of amides is 2.